The molecule has 4 nitrogen and oxygen atoms in total. The third kappa shape index (κ3) is 2.11. The van der Waals surface area contributed by atoms with Gasteiger partial charge in [0.1, 0.15) is 0 Å². The lowest BCUT2D eigenvalue weighted by atomic mass is 10.1. The molecule has 0 heterocycles. The van der Waals surface area contributed by atoms with Crippen LogP contribution in [0, 0.1) is 0 Å². The minimum absolute atomic E-state index is 0.257. The van der Waals surface area contributed by atoms with Gasteiger partial charge in [0, 0.05) is 4.47 Å². The van der Waals surface area contributed by atoms with E-state index in [1.165, 1.54) is 13.2 Å². The van der Waals surface area contributed by atoms with Crippen molar-refractivity contribution in [1.82, 2.24) is 0 Å². The molecule has 0 aromatic heterocycles. The Labute approximate surface area is 89.2 Å². The van der Waals surface area contributed by atoms with E-state index in [1.807, 2.05) is 0 Å². The van der Waals surface area contributed by atoms with Gasteiger partial charge in [0.05, 0.1) is 18.2 Å². The lowest BCUT2D eigenvalue weighted by Crippen LogP contribution is -2.13. The standard InChI is InChI=1S/C9H8BrNO3/c1-14-9(13)5-2-3-7(10)6(4-5)8(11)12/h2-4H,1H3,(H2,11,12). The van der Waals surface area contributed by atoms with E-state index in [4.69, 9.17) is 5.73 Å². The van der Waals surface area contributed by atoms with Gasteiger partial charge in [-0.25, -0.2) is 4.79 Å². The second-order valence-corrected chi connectivity index (χ2v) is 3.40. The highest BCUT2D eigenvalue weighted by Gasteiger charge is 2.11. The molecular weight excluding hydrogens is 250 g/mol. The van der Waals surface area contributed by atoms with Crippen molar-refractivity contribution in [2.45, 2.75) is 0 Å². The van der Waals surface area contributed by atoms with E-state index in [2.05, 4.69) is 20.7 Å². The molecule has 0 bridgehead atoms. The van der Waals surface area contributed by atoms with E-state index in [-0.39, 0.29) is 5.56 Å². The fourth-order valence-corrected chi connectivity index (χ4v) is 1.40. The van der Waals surface area contributed by atoms with Crippen LogP contribution in [0.3, 0.4) is 0 Å². The van der Waals surface area contributed by atoms with Crippen LogP contribution in [0.1, 0.15) is 20.7 Å². The second-order valence-electron chi connectivity index (χ2n) is 2.55. The minimum Gasteiger partial charge on any atom is -0.465 e. The van der Waals surface area contributed by atoms with Crippen LogP contribution in [0.5, 0.6) is 0 Å². The molecule has 1 amide bonds. The smallest absolute Gasteiger partial charge is 0.337 e. The van der Waals surface area contributed by atoms with Gasteiger partial charge in [-0.1, -0.05) is 0 Å². The number of carbonyl (C=O) groups is 2. The molecule has 0 aliphatic heterocycles. The summed E-state index contributed by atoms with van der Waals surface area (Å²) in [7, 11) is 1.27. The molecular formula is C9H8BrNO3. The molecule has 0 saturated heterocycles. The summed E-state index contributed by atoms with van der Waals surface area (Å²) in [5.41, 5.74) is 5.66. The number of halogens is 1. The summed E-state index contributed by atoms with van der Waals surface area (Å²) in [4.78, 5) is 22.0. The number of nitrogens with two attached hydrogens (primary N) is 1. The molecule has 0 radical (unpaired) electrons. The number of hydrogen-bond acceptors (Lipinski definition) is 3. The van der Waals surface area contributed by atoms with Crippen LogP contribution in [0.4, 0.5) is 0 Å². The zero-order valence-electron chi connectivity index (χ0n) is 7.41. The molecule has 0 aliphatic rings. The number of primary amides is 1. The maximum Gasteiger partial charge on any atom is 0.337 e. The quantitative estimate of drug-likeness (QED) is 0.813. The Bertz CT molecular complexity index is 390. The Kier molecular flexibility index (Phi) is 3.24. The molecule has 1 aromatic carbocycles. The highest BCUT2D eigenvalue weighted by Crippen LogP contribution is 2.18. The van der Waals surface area contributed by atoms with Gasteiger partial charge in [0.15, 0.2) is 0 Å². The number of hydrogen-bond donors (Lipinski definition) is 1. The van der Waals surface area contributed by atoms with Gasteiger partial charge in [0.2, 0.25) is 5.91 Å². The molecule has 0 spiro atoms. The molecule has 5 heteroatoms. The first-order valence-corrected chi connectivity index (χ1v) is 4.53. The van der Waals surface area contributed by atoms with E-state index in [9.17, 15) is 9.59 Å². The molecule has 74 valence electrons. The molecule has 0 fully saturated rings. The zero-order chi connectivity index (χ0) is 10.7. The van der Waals surface area contributed by atoms with Gasteiger partial charge in [-0.05, 0) is 34.1 Å². The molecule has 0 atom stereocenters. The highest BCUT2D eigenvalue weighted by atomic mass is 79.9. The molecule has 2 N–H and O–H groups in total. The van der Waals surface area contributed by atoms with E-state index in [0.717, 1.165) is 0 Å². The number of carbonyl (C=O) groups excluding carboxylic acids is 2. The SMILES string of the molecule is COC(=O)c1ccc(Br)c(C(N)=O)c1. The van der Waals surface area contributed by atoms with Crippen molar-refractivity contribution in [3.05, 3.63) is 33.8 Å². The molecule has 14 heavy (non-hydrogen) atoms. The predicted molar refractivity (Wildman–Crippen MR) is 54.0 cm³/mol. The summed E-state index contributed by atoms with van der Waals surface area (Å²) in [6.07, 6.45) is 0. The largest absolute Gasteiger partial charge is 0.465 e. The number of rotatable bonds is 2. The van der Waals surface area contributed by atoms with E-state index in [0.29, 0.717) is 10.0 Å². The Hall–Kier alpha value is -1.36. The van der Waals surface area contributed by atoms with Crippen LogP contribution in [-0.4, -0.2) is 19.0 Å². The molecule has 0 saturated carbocycles. The summed E-state index contributed by atoms with van der Waals surface area (Å²) in [6, 6.07) is 4.51. The number of esters is 1. The average molecular weight is 258 g/mol. The first-order valence-electron chi connectivity index (χ1n) is 3.74. The summed E-state index contributed by atoms with van der Waals surface area (Å²) >= 11 is 3.15. The van der Waals surface area contributed by atoms with Crippen LogP contribution in [0.2, 0.25) is 0 Å². The first-order chi connectivity index (χ1) is 6.56. The summed E-state index contributed by atoms with van der Waals surface area (Å²) < 4.78 is 5.06. The summed E-state index contributed by atoms with van der Waals surface area (Å²) in [5.74, 6) is -1.09. The third-order valence-corrected chi connectivity index (χ3v) is 2.34. The topological polar surface area (TPSA) is 69.4 Å². The van der Waals surface area contributed by atoms with E-state index < -0.39 is 11.9 Å². The fourth-order valence-electron chi connectivity index (χ4n) is 0.959. The van der Waals surface area contributed by atoms with Crippen molar-refractivity contribution in [2.75, 3.05) is 7.11 Å². The Morgan fingerprint density at radius 2 is 2.07 bits per heavy atom. The monoisotopic (exact) mass is 257 g/mol. The predicted octanol–water partition coefficient (Wildman–Crippen LogP) is 1.33. The van der Waals surface area contributed by atoms with Crippen LogP contribution < -0.4 is 5.73 Å². The van der Waals surface area contributed by atoms with Gasteiger partial charge < -0.3 is 10.5 Å². The van der Waals surface area contributed by atoms with Gasteiger partial charge in [-0.15, -0.1) is 0 Å². The van der Waals surface area contributed by atoms with Gasteiger partial charge >= 0.3 is 5.97 Å². The van der Waals surface area contributed by atoms with Crippen LogP contribution in [0.25, 0.3) is 0 Å². The van der Waals surface area contributed by atoms with Gasteiger partial charge in [0.25, 0.3) is 0 Å². The molecule has 0 aliphatic carbocycles. The maximum absolute atomic E-state index is 11.1. The number of ether oxygens (including phenoxy) is 1. The maximum atomic E-state index is 11.1. The lowest BCUT2D eigenvalue weighted by molar-refractivity contribution is 0.0600. The van der Waals surface area contributed by atoms with E-state index in [1.54, 1.807) is 12.1 Å². The Morgan fingerprint density at radius 1 is 1.43 bits per heavy atom. The van der Waals surface area contributed by atoms with Gasteiger partial charge in [-0.2, -0.15) is 0 Å². The summed E-state index contributed by atoms with van der Waals surface area (Å²) in [5, 5.41) is 0. The second kappa shape index (κ2) is 4.23. The number of amides is 1. The van der Waals surface area contributed by atoms with Crippen molar-refractivity contribution in [1.29, 1.82) is 0 Å². The van der Waals surface area contributed by atoms with E-state index >= 15 is 0 Å². The molecule has 1 rings (SSSR count). The van der Waals surface area contributed by atoms with Crippen molar-refractivity contribution in [2.24, 2.45) is 5.73 Å². The zero-order valence-corrected chi connectivity index (χ0v) is 9.00. The van der Waals surface area contributed by atoms with Crippen LogP contribution in [-0.2, 0) is 4.74 Å². The van der Waals surface area contributed by atoms with Crippen molar-refractivity contribution >= 4 is 27.8 Å². The molecule has 0 unspecified atom stereocenters. The van der Waals surface area contributed by atoms with Crippen molar-refractivity contribution < 1.29 is 14.3 Å². The average Bonchev–Trinajstić information content (AvgIpc) is 2.17. The third-order valence-electron chi connectivity index (χ3n) is 1.65. The highest BCUT2D eigenvalue weighted by molar-refractivity contribution is 9.10. The summed E-state index contributed by atoms with van der Waals surface area (Å²) in [6.45, 7) is 0. The number of benzene rings is 1. The normalized spacial score (nSPS) is 9.57. The minimum atomic E-state index is -0.595. The lowest BCUT2D eigenvalue weighted by Gasteiger charge is -2.03. The Balaban J connectivity index is 3.19. The first kappa shape index (κ1) is 10.7. The van der Waals surface area contributed by atoms with Gasteiger partial charge in [-0.3, -0.25) is 4.79 Å². The fraction of sp³-hybridized carbons (Fsp3) is 0.111. The van der Waals surface area contributed by atoms with Crippen LogP contribution >= 0.6 is 15.9 Å². The number of methoxy groups -OCH3 is 1. The van der Waals surface area contributed by atoms with Crippen molar-refractivity contribution in [3.8, 4) is 0 Å². The molecule has 1 aromatic rings. The van der Waals surface area contributed by atoms with Crippen LogP contribution in [0.15, 0.2) is 22.7 Å². The Morgan fingerprint density at radius 3 is 2.57 bits per heavy atom. The van der Waals surface area contributed by atoms with Crippen molar-refractivity contribution in [3.63, 3.8) is 0 Å².